The summed E-state index contributed by atoms with van der Waals surface area (Å²) in [5, 5.41) is 0. The maximum atomic E-state index is 11.4. The number of carbonyl (C=O) groups is 2. The van der Waals surface area contributed by atoms with Gasteiger partial charge in [-0.1, -0.05) is 0 Å². The van der Waals surface area contributed by atoms with Crippen LogP contribution in [-0.4, -0.2) is 28.7 Å². The molecule has 0 atom stereocenters. The summed E-state index contributed by atoms with van der Waals surface area (Å²) >= 11 is 0. The fourth-order valence-electron chi connectivity index (χ4n) is 0.955. The molecule has 0 fully saturated rings. The van der Waals surface area contributed by atoms with Crippen LogP contribution in [0.5, 0.6) is 0 Å². The highest BCUT2D eigenvalue weighted by Gasteiger charge is 2.23. The summed E-state index contributed by atoms with van der Waals surface area (Å²) in [6.07, 6.45) is 1.36. The van der Waals surface area contributed by atoms with E-state index in [1.54, 1.807) is 27.7 Å². The molecule has 0 saturated heterocycles. The summed E-state index contributed by atoms with van der Waals surface area (Å²) in [7, 11) is 0. The van der Waals surface area contributed by atoms with E-state index >= 15 is 0 Å². The van der Waals surface area contributed by atoms with Crippen molar-refractivity contribution < 1.29 is 19.1 Å². The molecule has 0 bridgehead atoms. The summed E-state index contributed by atoms with van der Waals surface area (Å²) in [4.78, 5) is 29.3. The topological polar surface area (TPSA) is 81.3 Å². The standard InChI is InChI=1S/C11H16N2O4/c1-7-12-5-8(13-7)9(14)16-6-17-10(15)11(2,3)4/h5H,6H2,1-4H3,(H,12,13). The number of imidazole rings is 1. The molecule has 0 amide bonds. The molecule has 1 aromatic heterocycles. The monoisotopic (exact) mass is 240 g/mol. The Morgan fingerprint density at radius 2 is 2.00 bits per heavy atom. The van der Waals surface area contributed by atoms with E-state index in [1.165, 1.54) is 6.20 Å². The number of aryl methyl sites for hydroxylation is 1. The van der Waals surface area contributed by atoms with E-state index in [9.17, 15) is 9.59 Å². The van der Waals surface area contributed by atoms with Crippen LogP contribution >= 0.6 is 0 Å². The van der Waals surface area contributed by atoms with Gasteiger partial charge in [0.05, 0.1) is 11.6 Å². The van der Waals surface area contributed by atoms with Crippen LogP contribution in [0.3, 0.4) is 0 Å². The SMILES string of the molecule is Cc1ncc(C(=O)OCOC(=O)C(C)(C)C)[nH]1. The van der Waals surface area contributed by atoms with Crippen molar-refractivity contribution in [1.29, 1.82) is 0 Å². The highest BCUT2D eigenvalue weighted by atomic mass is 16.7. The van der Waals surface area contributed by atoms with Crippen molar-refractivity contribution in [3.05, 3.63) is 17.7 Å². The maximum Gasteiger partial charge on any atom is 0.359 e. The molecule has 0 saturated carbocycles. The molecule has 0 aromatic carbocycles. The van der Waals surface area contributed by atoms with Crippen molar-refractivity contribution in [3.8, 4) is 0 Å². The normalized spacial score (nSPS) is 11.1. The number of nitrogens with one attached hydrogen (secondary N) is 1. The van der Waals surface area contributed by atoms with Gasteiger partial charge in [0.25, 0.3) is 0 Å². The lowest BCUT2D eigenvalue weighted by molar-refractivity contribution is -0.161. The molecule has 0 aliphatic rings. The van der Waals surface area contributed by atoms with Gasteiger partial charge in [-0.3, -0.25) is 4.79 Å². The first-order valence-corrected chi connectivity index (χ1v) is 5.16. The molecular formula is C11H16N2O4. The first-order valence-electron chi connectivity index (χ1n) is 5.16. The zero-order valence-electron chi connectivity index (χ0n) is 10.4. The average Bonchev–Trinajstić information content (AvgIpc) is 2.63. The highest BCUT2D eigenvalue weighted by Crippen LogP contribution is 2.14. The van der Waals surface area contributed by atoms with Gasteiger partial charge in [-0.2, -0.15) is 0 Å². The predicted molar refractivity (Wildman–Crippen MR) is 59.2 cm³/mol. The van der Waals surface area contributed by atoms with E-state index in [4.69, 9.17) is 9.47 Å². The summed E-state index contributed by atoms with van der Waals surface area (Å²) in [5.74, 6) is -0.415. The van der Waals surface area contributed by atoms with Crippen molar-refractivity contribution in [2.75, 3.05) is 6.79 Å². The van der Waals surface area contributed by atoms with Crippen LogP contribution in [0.4, 0.5) is 0 Å². The Balaban J connectivity index is 2.38. The van der Waals surface area contributed by atoms with Crippen molar-refractivity contribution in [2.24, 2.45) is 5.41 Å². The molecule has 1 N–H and O–H groups in total. The molecule has 0 unspecified atom stereocenters. The number of rotatable bonds is 3. The minimum Gasteiger partial charge on any atom is -0.427 e. The molecule has 1 heterocycles. The Morgan fingerprint density at radius 1 is 1.35 bits per heavy atom. The maximum absolute atomic E-state index is 11.4. The van der Waals surface area contributed by atoms with Gasteiger partial charge in [0, 0.05) is 0 Å². The smallest absolute Gasteiger partial charge is 0.359 e. The number of hydrogen-bond donors (Lipinski definition) is 1. The Hall–Kier alpha value is -1.85. The molecule has 6 nitrogen and oxygen atoms in total. The number of aromatic amines is 1. The fraction of sp³-hybridized carbons (Fsp3) is 0.545. The van der Waals surface area contributed by atoms with Gasteiger partial charge in [-0.15, -0.1) is 0 Å². The molecule has 0 spiro atoms. The number of esters is 2. The minimum absolute atomic E-state index is 0.231. The second kappa shape index (κ2) is 4.99. The summed E-state index contributed by atoms with van der Waals surface area (Å²) in [6, 6.07) is 0. The number of nitrogens with zero attached hydrogens (tertiary/aromatic N) is 1. The third-order valence-electron chi connectivity index (χ3n) is 1.92. The first kappa shape index (κ1) is 13.2. The number of H-pyrrole nitrogens is 1. The first-order chi connectivity index (χ1) is 7.80. The zero-order chi connectivity index (χ0) is 13.1. The van der Waals surface area contributed by atoms with Gasteiger partial charge in [-0.05, 0) is 27.7 Å². The predicted octanol–water partition coefficient (Wildman–Crippen LogP) is 1.42. The lowest BCUT2D eigenvalue weighted by atomic mass is 9.98. The van der Waals surface area contributed by atoms with Gasteiger partial charge in [0.1, 0.15) is 11.5 Å². The van der Waals surface area contributed by atoms with Crippen LogP contribution < -0.4 is 0 Å². The van der Waals surface area contributed by atoms with Crippen LogP contribution in [0, 0.1) is 12.3 Å². The highest BCUT2D eigenvalue weighted by molar-refractivity contribution is 5.87. The Bertz CT molecular complexity index is 417. The van der Waals surface area contributed by atoms with E-state index in [-0.39, 0.29) is 5.69 Å². The van der Waals surface area contributed by atoms with Crippen molar-refractivity contribution in [1.82, 2.24) is 9.97 Å². The van der Waals surface area contributed by atoms with E-state index in [0.717, 1.165) is 0 Å². The molecule has 1 aromatic rings. The number of hydrogen-bond acceptors (Lipinski definition) is 5. The number of carbonyl (C=O) groups excluding carboxylic acids is 2. The lowest BCUT2D eigenvalue weighted by Crippen LogP contribution is -2.24. The minimum atomic E-state index is -0.614. The summed E-state index contributed by atoms with van der Waals surface area (Å²) in [6.45, 7) is 6.48. The van der Waals surface area contributed by atoms with Crippen LogP contribution in [-0.2, 0) is 14.3 Å². The number of ether oxygens (including phenoxy) is 2. The molecule has 0 aliphatic heterocycles. The second-order valence-corrected chi connectivity index (χ2v) is 4.61. The fourth-order valence-corrected chi connectivity index (χ4v) is 0.955. The van der Waals surface area contributed by atoms with E-state index in [2.05, 4.69) is 9.97 Å². The van der Waals surface area contributed by atoms with Gasteiger partial charge < -0.3 is 14.5 Å². The Kier molecular flexibility index (Phi) is 3.88. The largest absolute Gasteiger partial charge is 0.427 e. The van der Waals surface area contributed by atoms with Crippen molar-refractivity contribution in [3.63, 3.8) is 0 Å². The van der Waals surface area contributed by atoms with Crippen LogP contribution in [0.25, 0.3) is 0 Å². The van der Waals surface area contributed by atoms with Gasteiger partial charge in [0.2, 0.25) is 6.79 Å². The van der Waals surface area contributed by atoms with Gasteiger partial charge >= 0.3 is 11.9 Å². The molecule has 6 heteroatoms. The van der Waals surface area contributed by atoms with Crippen LogP contribution in [0.15, 0.2) is 6.20 Å². The van der Waals surface area contributed by atoms with E-state index < -0.39 is 24.1 Å². The van der Waals surface area contributed by atoms with Gasteiger partial charge in [0.15, 0.2) is 0 Å². The van der Waals surface area contributed by atoms with E-state index in [1.807, 2.05) is 0 Å². The van der Waals surface area contributed by atoms with Crippen molar-refractivity contribution in [2.45, 2.75) is 27.7 Å². The average molecular weight is 240 g/mol. The Morgan fingerprint density at radius 3 is 2.47 bits per heavy atom. The zero-order valence-corrected chi connectivity index (χ0v) is 10.4. The van der Waals surface area contributed by atoms with Crippen LogP contribution in [0.1, 0.15) is 37.1 Å². The van der Waals surface area contributed by atoms with Crippen molar-refractivity contribution >= 4 is 11.9 Å². The molecule has 1 rings (SSSR count). The quantitative estimate of drug-likeness (QED) is 0.638. The molecule has 17 heavy (non-hydrogen) atoms. The third-order valence-corrected chi connectivity index (χ3v) is 1.92. The third kappa shape index (κ3) is 3.90. The second-order valence-electron chi connectivity index (χ2n) is 4.61. The lowest BCUT2D eigenvalue weighted by Gasteiger charge is -2.16. The molecular weight excluding hydrogens is 224 g/mol. The molecule has 0 radical (unpaired) electrons. The van der Waals surface area contributed by atoms with Crippen LogP contribution in [0.2, 0.25) is 0 Å². The molecule has 94 valence electrons. The molecule has 0 aliphatic carbocycles. The van der Waals surface area contributed by atoms with Gasteiger partial charge in [-0.25, -0.2) is 9.78 Å². The summed E-state index contributed by atoms with van der Waals surface area (Å²) in [5.41, 5.74) is -0.383. The summed E-state index contributed by atoms with van der Waals surface area (Å²) < 4.78 is 9.54. The Labute approximate surface area is 99.3 Å². The van der Waals surface area contributed by atoms with E-state index in [0.29, 0.717) is 5.82 Å². The number of aromatic nitrogens is 2.